The van der Waals surface area contributed by atoms with Crippen LogP contribution in [0, 0.1) is 10.1 Å². The van der Waals surface area contributed by atoms with Crippen molar-refractivity contribution in [3.63, 3.8) is 0 Å². The highest BCUT2D eigenvalue weighted by Crippen LogP contribution is 2.21. The minimum Gasteiger partial charge on any atom is -0.485 e. The molecular formula is C15H11BrN4O3. The lowest BCUT2D eigenvalue weighted by atomic mass is 10.2. The number of hydrogen-bond donors (Lipinski definition) is 1. The van der Waals surface area contributed by atoms with Crippen LogP contribution >= 0.6 is 15.9 Å². The number of nitrogens with zero attached hydrogens (tertiary/aromatic N) is 3. The molecule has 0 saturated heterocycles. The van der Waals surface area contributed by atoms with Crippen LogP contribution < -0.4 is 4.74 Å². The number of rotatable bonds is 5. The van der Waals surface area contributed by atoms with Crippen molar-refractivity contribution in [3.8, 4) is 17.1 Å². The van der Waals surface area contributed by atoms with E-state index in [1.807, 2.05) is 24.3 Å². The van der Waals surface area contributed by atoms with E-state index in [4.69, 9.17) is 4.74 Å². The quantitative estimate of drug-likeness (QED) is 0.542. The van der Waals surface area contributed by atoms with Gasteiger partial charge in [0.25, 0.3) is 5.69 Å². The molecule has 0 spiro atoms. The number of halogens is 1. The van der Waals surface area contributed by atoms with Crippen molar-refractivity contribution in [2.45, 2.75) is 6.61 Å². The van der Waals surface area contributed by atoms with Gasteiger partial charge in [0.1, 0.15) is 12.4 Å². The molecule has 1 N–H and O–H groups in total. The number of nitrogens with one attached hydrogen (secondary N) is 1. The summed E-state index contributed by atoms with van der Waals surface area (Å²) >= 11 is 3.37. The Labute approximate surface area is 139 Å². The number of hydrogen-bond acceptors (Lipinski definition) is 5. The molecule has 23 heavy (non-hydrogen) atoms. The van der Waals surface area contributed by atoms with Crippen molar-refractivity contribution in [2.75, 3.05) is 0 Å². The van der Waals surface area contributed by atoms with Crippen LogP contribution in [0.4, 0.5) is 5.69 Å². The molecule has 116 valence electrons. The molecule has 8 heteroatoms. The predicted octanol–water partition coefficient (Wildman–Crippen LogP) is 3.72. The van der Waals surface area contributed by atoms with Gasteiger partial charge in [0.15, 0.2) is 11.6 Å². The standard InChI is InChI=1S/C15H11BrN4O3/c16-11-6-4-10(5-7-11)15-17-14(18-19-15)9-23-13-3-1-2-12(8-13)20(21)22/h1-8H,9H2,(H,17,18,19). The summed E-state index contributed by atoms with van der Waals surface area (Å²) in [6.45, 7) is 0.144. The summed E-state index contributed by atoms with van der Waals surface area (Å²) in [4.78, 5) is 14.6. The normalized spacial score (nSPS) is 10.5. The maximum absolute atomic E-state index is 10.7. The van der Waals surface area contributed by atoms with Gasteiger partial charge in [-0.2, -0.15) is 5.10 Å². The highest BCUT2D eigenvalue weighted by Gasteiger charge is 2.09. The zero-order valence-electron chi connectivity index (χ0n) is 11.8. The van der Waals surface area contributed by atoms with Gasteiger partial charge in [-0.1, -0.05) is 34.1 Å². The third kappa shape index (κ3) is 3.72. The zero-order chi connectivity index (χ0) is 16.2. The highest BCUT2D eigenvalue weighted by atomic mass is 79.9. The van der Waals surface area contributed by atoms with Crippen LogP contribution in [0.5, 0.6) is 5.75 Å². The molecular weight excluding hydrogens is 364 g/mol. The number of non-ortho nitro benzene ring substituents is 1. The molecule has 7 nitrogen and oxygen atoms in total. The van der Waals surface area contributed by atoms with Crippen LogP contribution in [-0.4, -0.2) is 20.1 Å². The van der Waals surface area contributed by atoms with Crippen molar-refractivity contribution in [2.24, 2.45) is 0 Å². The summed E-state index contributed by atoms with van der Waals surface area (Å²) in [5.41, 5.74) is 0.863. The minimum absolute atomic E-state index is 0.0179. The van der Waals surface area contributed by atoms with E-state index in [-0.39, 0.29) is 12.3 Å². The first-order chi connectivity index (χ1) is 11.1. The SMILES string of the molecule is O=[N+]([O-])c1cccc(OCc2nc(-c3ccc(Br)cc3)n[nH]2)c1. The van der Waals surface area contributed by atoms with Gasteiger partial charge < -0.3 is 4.74 Å². The van der Waals surface area contributed by atoms with Crippen LogP contribution in [0.2, 0.25) is 0 Å². The molecule has 0 amide bonds. The highest BCUT2D eigenvalue weighted by molar-refractivity contribution is 9.10. The number of benzene rings is 2. The van der Waals surface area contributed by atoms with E-state index in [1.54, 1.807) is 12.1 Å². The molecule has 1 heterocycles. The first-order valence-corrected chi connectivity index (χ1v) is 7.45. The van der Waals surface area contributed by atoms with Crippen molar-refractivity contribution in [3.05, 3.63) is 68.9 Å². The van der Waals surface area contributed by atoms with E-state index in [0.29, 0.717) is 17.4 Å². The number of ether oxygens (including phenoxy) is 1. The number of nitro groups is 1. The third-order valence-corrected chi connectivity index (χ3v) is 3.57. The summed E-state index contributed by atoms with van der Waals surface area (Å²) in [6.07, 6.45) is 0. The fourth-order valence-electron chi connectivity index (χ4n) is 1.93. The first kappa shape index (κ1) is 15.2. The number of aromatic nitrogens is 3. The van der Waals surface area contributed by atoms with Gasteiger partial charge in [-0.05, 0) is 18.2 Å². The summed E-state index contributed by atoms with van der Waals surface area (Å²) in [5.74, 6) is 1.50. The molecule has 0 aliphatic carbocycles. The second kappa shape index (κ2) is 6.57. The van der Waals surface area contributed by atoms with Crippen LogP contribution in [0.15, 0.2) is 53.0 Å². The van der Waals surface area contributed by atoms with Crippen LogP contribution in [0.3, 0.4) is 0 Å². The summed E-state index contributed by atoms with van der Waals surface area (Å²) in [6, 6.07) is 13.6. The van der Waals surface area contributed by atoms with Gasteiger partial charge in [0.05, 0.1) is 11.0 Å². The Morgan fingerprint density at radius 2 is 2.00 bits per heavy atom. The molecule has 1 aromatic heterocycles. The lowest BCUT2D eigenvalue weighted by molar-refractivity contribution is -0.384. The van der Waals surface area contributed by atoms with Crippen LogP contribution in [-0.2, 0) is 6.61 Å². The van der Waals surface area contributed by atoms with E-state index in [9.17, 15) is 10.1 Å². The summed E-state index contributed by atoms with van der Waals surface area (Å²) < 4.78 is 6.48. The second-order valence-corrected chi connectivity index (χ2v) is 5.57. The second-order valence-electron chi connectivity index (χ2n) is 4.66. The van der Waals surface area contributed by atoms with Gasteiger partial charge in [0, 0.05) is 16.1 Å². The molecule has 3 aromatic rings. The largest absolute Gasteiger partial charge is 0.485 e. The topological polar surface area (TPSA) is 93.9 Å². The van der Waals surface area contributed by atoms with Crippen molar-refractivity contribution in [1.82, 2.24) is 15.2 Å². The van der Waals surface area contributed by atoms with Gasteiger partial charge in [-0.3, -0.25) is 15.2 Å². The monoisotopic (exact) mass is 374 g/mol. The fourth-order valence-corrected chi connectivity index (χ4v) is 2.19. The molecule has 0 unspecified atom stereocenters. The molecule has 0 atom stereocenters. The van der Waals surface area contributed by atoms with Crippen molar-refractivity contribution >= 4 is 21.6 Å². The lowest BCUT2D eigenvalue weighted by Gasteiger charge is -2.03. The van der Waals surface area contributed by atoms with Gasteiger partial charge >= 0.3 is 0 Å². The van der Waals surface area contributed by atoms with E-state index in [0.717, 1.165) is 10.0 Å². The summed E-state index contributed by atoms with van der Waals surface area (Å²) in [7, 11) is 0. The maximum atomic E-state index is 10.7. The molecule has 0 aliphatic heterocycles. The van der Waals surface area contributed by atoms with Crippen molar-refractivity contribution < 1.29 is 9.66 Å². The molecule has 3 rings (SSSR count). The van der Waals surface area contributed by atoms with E-state index < -0.39 is 4.92 Å². The Balaban J connectivity index is 1.69. The molecule has 0 fully saturated rings. The van der Waals surface area contributed by atoms with E-state index >= 15 is 0 Å². The molecule has 2 aromatic carbocycles. The Kier molecular flexibility index (Phi) is 4.33. The number of aromatic amines is 1. The smallest absolute Gasteiger partial charge is 0.273 e. The van der Waals surface area contributed by atoms with Crippen LogP contribution in [0.25, 0.3) is 11.4 Å². The molecule has 0 saturated carbocycles. The summed E-state index contributed by atoms with van der Waals surface area (Å²) in [5, 5.41) is 17.7. The Bertz CT molecular complexity index is 833. The molecule has 0 bridgehead atoms. The molecule has 0 aliphatic rings. The number of H-pyrrole nitrogens is 1. The molecule has 0 radical (unpaired) electrons. The number of nitro benzene ring substituents is 1. The van der Waals surface area contributed by atoms with E-state index in [1.165, 1.54) is 12.1 Å². The first-order valence-electron chi connectivity index (χ1n) is 6.66. The fraction of sp³-hybridized carbons (Fsp3) is 0.0667. The van der Waals surface area contributed by atoms with E-state index in [2.05, 4.69) is 31.1 Å². The average Bonchev–Trinajstić information content (AvgIpc) is 3.03. The van der Waals surface area contributed by atoms with Gasteiger partial charge in [-0.15, -0.1) is 0 Å². The third-order valence-electron chi connectivity index (χ3n) is 3.04. The Morgan fingerprint density at radius 3 is 2.74 bits per heavy atom. The lowest BCUT2D eigenvalue weighted by Crippen LogP contribution is -1.98. The van der Waals surface area contributed by atoms with Crippen molar-refractivity contribution in [1.29, 1.82) is 0 Å². The average molecular weight is 375 g/mol. The predicted molar refractivity (Wildman–Crippen MR) is 86.9 cm³/mol. The Morgan fingerprint density at radius 1 is 1.22 bits per heavy atom. The maximum Gasteiger partial charge on any atom is 0.273 e. The van der Waals surface area contributed by atoms with Crippen LogP contribution in [0.1, 0.15) is 5.82 Å². The van der Waals surface area contributed by atoms with Gasteiger partial charge in [-0.25, -0.2) is 4.98 Å². The Hall–Kier alpha value is -2.74. The van der Waals surface area contributed by atoms with Gasteiger partial charge in [0.2, 0.25) is 0 Å². The zero-order valence-corrected chi connectivity index (χ0v) is 13.4. The minimum atomic E-state index is -0.465.